The minimum absolute atomic E-state index is 0.0182. The number of hydrogen-bond donors (Lipinski definition) is 0. The number of thiocarbonyl (C=S) groups is 1. The van der Waals surface area contributed by atoms with Crippen LogP contribution < -0.4 is 10.5 Å². The van der Waals surface area contributed by atoms with Crippen LogP contribution in [0, 0.1) is 18.8 Å². The van der Waals surface area contributed by atoms with Gasteiger partial charge in [-0.15, -0.1) is 0 Å². The van der Waals surface area contributed by atoms with Gasteiger partial charge in [0.15, 0.2) is 0 Å². The Kier molecular flexibility index (Phi) is 6.52. The van der Waals surface area contributed by atoms with Crippen LogP contribution >= 0.6 is 24.0 Å². The van der Waals surface area contributed by atoms with E-state index in [2.05, 4.69) is 18.7 Å². The smallest absolute Gasteiger partial charge is 0.267 e. The van der Waals surface area contributed by atoms with E-state index in [1.54, 1.807) is 21.6 Å². The normalized spacial score (nSPS) is 26.9. The van der Waals surface area contributed by atoms with Gasteiger partial charge >= 0.3 is 0 Å². The molecule has 180 valence electrons. The number of piperidine rings is 1. The topological polar surface area (TPSA) is 67.2 Å². The Balaban J connectivity index is 1.59. The monoisotopic (exact) mass is 498 g/mol. The zero-order chi connectivity index (χ0) is 24.0. The van der Waals surface area contributed by atoms with Crippen LogP contribution in [0.2, 0.25) is 0 Å². The van der Waals surface area contributed by atoms with Crippen molar-refractivity contribution >= 4 is 51.7 Å². The van der Waals surface area contributed by atoms with Crippen LogP contribution in [0.25, 0.3) is 11.7 Å². The molecule has 3 saturated heterocycles. The van der Waals surface area contributed by atoms with Crippen molar-refractivity contribution in [3.63, 3.8) is 0 Å². The Morgan fingerprint density at radius 2 is 2.03 bits per heavy atom. The third-order valence-electron chi connectivity index (χ3n) is 6.79. The first kappa shape index (κ1) is 23.5. The molecule has 0 spiro atoms. The molecule has 0 saturated carbocycles. The van der Waals surface area contributed by atoms with Gasteiger partial charge in [-0.2, -0.15) is 0 Å². The van der Waals surface area contributed by atoms with Gasteiger partial charge in [-0.05, 0) is 55.7 Å². The lowest BCUT2D eigenvalue weighted by atomic mass is 9.91. The molecule has 3 atom stereocenters. The summed E-state index contributed by atoms with van der Waals surface area (Å²) in [5, 5.41) is 0. The second-order valence-electron chi connectivity index (χ2n) is 9.82. The molecule has 5 heterocycles. The third-order valence-corrected chi connectivity index (χ3v) is 8.17. The van der Waals surface area contributed by atoms with Crippen LogP contribution in [-0.2, 0) is 9.53 Å². The highest BCUT2D eigenvalue weighted by Crippen LogP contribution is 2.35. The highest BCUT2D eigenvalue weighted by Gasteiger charge is 2.35. The quantitative estimate of drug-likeness (QED) is 0.468. The van der Waals surface area contributed by atoms with Gasteiger partial charge in [0.1, 0.15) is 15.8 Å². The van der Waals surface area contributed by atoms with Crippen molar-refractivity contribution in [3.8, 4) is 0 Å². The van der Waals surface area contributed by atoms with Crippen molar-refractivity contribution < 1.29 is 9.53 Å². The van der Waals surface area contributed by atoms with Crippen LogP contribution in [0.3, 0.4) is 0 Å². The van der Waals surface area contributed by atoms with E-state index in [4.69, 9.17) is 21.9 Å². The van der Waals surface area contributed by atoms with Gasteiger partial charge in [0.25, 0.3) is 11.5 Å². The zero-order valence-corrected chi connectivity index (χ0v) is 21.5. The SMILES string of the molecule is Cc1cccn2c(=O)c(/C=C3/SC(=S)N(C[C@H]4CCCO4)C3=O)c(N3C[C@H](C)C[C@H](C)C3)nc12. The van der Waals surface area contributed by atoms with E-state index in [9.17, 15) is 9.59 Å². The van der Waals surface area contributed by atoms with Gasteiger partial charge in [0.2, 0.25) is 0 Å². The molecule has 0 bridgehead atoms. The lowest BCUT2D eigenvalue weighted by Gasteiger charge is -2.36. The number of anilines is 1. The van der Waals surface area contributed by atoms with E-state index in [0.29, 0.717) is 44.6 Å². The molecule has 0 radical (unpaired) electrons. The van der Waals surface area contributed by atoms with Gasteiger partial charge < -0.3 is 9.64 Å². The summed E-state index contributed by atoms with van der Waals surface area (Å²) in [5.74, 6) is 1.49. The summed E-state index contributed by atoms with van der Waals surface area (Å²) in [6.45, 7) is 9.28. The lowest BCUT2D eigenvalue weighted by molar-refractivity contribution is -0.123. The molecule has 3 aliphatic rings. The molecule has 3 aliphatic heterocycles. The number of amides is 1. The minimum atomic E-state index is -0.168. The number of carbonyl (C=O) groups is 1. The van der Waals surface area contributed by atoms with E-state index >= 15 is 0 Å². The fourth-order valence-corrected chi connectivity index (χ4v) is 6.54. The van der Waals surface area contributed by atoms with Crippen molar-refractivity contribution in [2.75, 3.05) is 31.1 Å². The molecule has 0 aliphatic carbocycles. The molecular weight excluding hydrogens is 468 g/mol. The number of rotatable bonds is 4. The second-order valence-corrected chi connectivity index (χ2v) is 11.5. The first-order chi connectivity index (χ1) is 16.3. The lowest BCUT2D eigenvalue weighted by Crippen LogP contribution is -2.40. The van der Waals surface area contributed by atoms with Crippen molar-refractivity contribution in [2.24, 2.45) is 11.8 Å². The molecule has 0 unspecified atom stereocenters. The molecule has 2 aromatic heterocycles. The number of hydrogen-bond acceptors (Lipinski definition) is 7. The Morgan fingerprint density at radius 1 is 1.26 bits per heavy atom. The molecule has 7 nitrogen and oxygen atoms in total. The predicted molar refractivity (Wildman–Crippen MR) is 140 cm³/mol. The fraction of sp³-hybridized carbons (Fsp3) is 0.520. The average molecular weight is 499 g/mol. The van der Waals surface area contributed by atoms with Crippen LogP contribution in [0.1, 0.15) is 44.2 Å². The average Bonchev–Trinajstić information content (AvgIpc) is 3.39. The van der Waals surface area contributed by atoms with Gasteiger partial charge in [-0.25, -0.2) is 4.98 Å². The van der Waals surface area contributed by atoms with Gasteiger partial charge in [-0.3, -0.25) is 18.9 Å². The molecule has 9 heteroatoms. The summed E-state index contributed by atoms with van der Waals surface area (Å²) in [6, 6.07) is 3.81. The highest BCUT2D eigenvalue weighted by molar-refractivity contribution is 8.26. The summed E-state index contributed by atoms with van der Waals surface area (Å²) >= 11 is 6.78. The van der Waals surface area contributed by atoms with Crippen LogP contribution in [-0.4, -0.2) is 56.9 Å². The molecular formula is C25H30N4O3S2. The fourth-order valence-electron chi connectivity index (χ4n) is 5.28. The number of aryl methyl sites for hydroxylation is 1. The van der Waals surface area contributed by atoms with E-state index < -0.39 is 0 Å². The largest absolute Gasteiger partial charge is 0.376 e. The van der Waals surface area contributed by atoms with Crippen molar-refractivity contribution in [1.82, 2.24) is 14.3 Å². The molecule has 3 fully saturated rings. The summed E-state index contributed by atoms with van der Waals surface area (Å²) in [6.07, 6.45) is 6.55. The maximum Gasteiger partial charge on any atom is 0.267 e. The van der Waals surface area contributed by atoms with Gasteiger partial charge in [-0.1, -0.05) is 43.9 Å². The zero-order valence-electron chi connectivity index (χ0n) is 19.8. The van der Waals surface area contributed by atoms with Gasteiger partial charge in [0.05, 0.1) is 23.1 Å². The van der Waals surface area contributed by atoms with Gasteiger partial charge in [0, 0.05) is 25.9 Å². The number of thioether (sulfide) groups is 1. The molecule has 0 aromatic carbocycles. The van der Waals surface area contributed by atoms with E-state index in [1.165, 1.54) is 11.8 Å². The number of carbonyl (C=O) groups excluding carboxylic acids is 1. The van der Waals surface area contributed by atoms with Crippen LogP contribution in [0.4, 0.5) is 5.82 Å². The van der Waals surface area contributed by atoms with Crippen molar-refractivity contribution in [3.05, 3.63) is 44.7 Å². The summed E-state index contributed by atoms with van der Waals surface area (Å²) in [5.41, 5.74) is 1.87. The van der Waals surface area contributed by atoms with E-state index in [-0.39, 0.29) is 17.6 Å². The standard InChI is InChI=1S/C25H30N4O3S2/c1-15-10-16(2)13-27(12-15)22-19(23(30)28-8-4-6-17(3)21(28)26-22)11-20-24(31)29(25(33)34-20)14-18-7-5-9-32-18/h4,6,8,11,15-16,18H,5,7,9-10,12-14H2,1-3H3/b20-11+/t15-,16+,18-/m1/s1. The first-order valence-corrected chi connectivity index (χ1v) is 13.2. The summed E-state index contributed by atoms with van der Waals surface area (Å²) < 4.78 is 7.80. The third kappa shape index (κ3) is 4.41. The number of pyridine rings is 1. The Morgan fingerprint density at radius 3 is 2.74 bits per heavy atom. The number of nitrogens with zero attached hydrogens (tertiary/aromatic N) is 4. The van der Waals surface area contributed by atoms with E-state index in [0.717, 1.165) is 44.5 Å². The maximum atomic E-state index is 13.7. The maximum absolute atomic E-state index is 13.7. The Bertz CT molecular complexity index is 1220. The number of fused-ring (bicyclic) bond motifs is 1. The Hall–Kier alpha value is -2.23. The van der Waals surface area contributed by atoms with Crippen molar-refractivity contribution in [1.29, 1.82) is 0 Å². The van der Waals surface area contributed by atoms with Crippen molar-refractivity contribution in [2.45, 2.75) is 46.1 Å². The Labute approximate surface area is 209 Å². The molecule has 0 N–H and O–H groups in total. The number of ether oxygens (including phenoxy) is 1. The molecule has 34 heavy (non-hydrogen) atoms. The minimum Gasteiger partial charge on any atom is -0.376 e. The molecule has 2 aromatic rings. The predicted octanol–water partition coefficient (Wildman–Crippen LogP) is 3.87. The number of aromatic nitrogens is 2. The van der Waals surface area contributed by atoms with Crippen LogP contribution in [0.15, 0.2) is 28.0 Å². The van der Waals surface area contributed by atoms with Crippen LogP contribution in [0.5, 0.6) is 0 Å². The first-order valence-electron chi connectivity index (χ1n) is 12.0. The molecule has 5 rings (SSSR count). The summed E-state index contributed by atoms with van der Waals surface area (Å²) in [4.78, 5) is 36.3. The highest BCUT2D eigenvalue weighted by atomic mass is 32.2. The summed E-state index contributed by atoms with van der Waals surface area (Å²) in [7, 11) is 0. The molecule has 1 amide bonds. The van der Waals surface area contributed by atoms with E-state index in [1.807, 2.05) is 19.1 Å². The second kappa shape index (κ2) is 9.43.